The van der Waals surface area contributed by atoms with Crippen molar-refractivity contribution in [3.05, 3.63) is 30.0 Å². The maximum Gasteiger partial charge on any atom is 0.267 e. The summed E-state index contributed by atoms with van der Waals surface area (Å²) >= 11 is 0. The van der Waals surface area contributed by atoms with Gasteiger partial charge in [0.25, 0.3) is 5.91 Å². The third-order valence-corrected chi connectivity index (χ3v) is 3.69. The molecule has 0 aliphatic heterocycles. The molecule has 0 radical (unpaired) electrons. The van der Waals surface area contributed by atoms with Crippen molar-refractivity contribution in [2.24, 2.45) is 5.73 Å². The summed E-state index contributed by atoms with van der Waals surface area (Å²) in [5.74, 6) is 1.08. The second-order valence-corrected chi connectivity index (χ2v) is 5.04. The number of ether oxygens (including phenoxy) is 2. The zero-order valence-electron chi connectivity index (χ0n) is 14.4. The van der Waals surface area contributed by atoms with Crippen molar-refractivity contribution in [3.8, 4) is 22.8 Å². The molecule has 2 N–H and O–H groups in total. The van der Waals surface area contributed by atoms with Gasteiger partial charge in [-0.25, -0.2) is 9.97 Å². The summed E-state index contributed by atoms with van der Waals surface area (Å²) < 4.78 is 10.6. The molecule has 0 spiro atoms. The van der Waals surface area contributed by atoms with E-state index in [0.717, 1.165) is 18.7 Å². The Labute approximate surface area is 141 Å². The predicted molar refractivity (Wildman–Crippen MR) is 92.7 cm³/mol. The average Bonchev–Trinajstić information content (AvgIpc) is 2.61. The van der Waals surface area contributed by atoms with Crippen molar-refractivity contribution in [2.45, 2.75) is 13.8 Å². The molecular formula is C17H22N4O3. The summed E-state index contributed by atoms with van der Waals surface area (Å²) in [5, 5.41) is 0. The van der Waals surface area contributed by atoms with Gasteiger partial charge in [0.15, 0.2) is 11.5 Å². The van der Waals surface area contributed by atoms with Crippen molar-refractivity contribution in [2.75, 3.05) is 32.2 Å². The first-order valence-corrected chi connectivity index (χ1v) is 7.70. The van der Waals surface area contributed by atoms with Gasteiger partial charge in [-0.1, -0.05) is 0 Å². The van der Waals surface area contributed by atoms with Gasteiger partial charge >= 0.3 is 0 Å². The molecule has 0 saturated heterocycles. The Balaban J connectivity index is 2.58. The van der Waals surface area contributed by atoms with E-state index < -0.39 is 5.91 Å². The minimum absolute atomic E-state index is 0.177. The van der Waals surface area contributed by atoms with Gasteiger partial charge in [0.05, 0.1) is 19.9 Å². The minimum atomic E-state index is -0.590. The van der Waals surface area contributed by atoms with Crippen molar-refractivity contribution in [1.29, 1.82) is 0 Å². The Hall–Kier alpha value is -2.83. The third-order valence-electron chi connectivity index (χ3n) is 3.69. The van der Waals surface area contributed by atoms with Crippen LogP contribution in [0.2, 0.25) is 0 Å². The van der Waals surface area contributed by atoms with E-state index in [1.807, 2.05) is 24.8 Å². The molecular weight excluding hydrogens is 308 g/mol. The number of methoxy groups -OCH3 is 2. The van der Waals surface area contributed by atoms with Crippen LogP contribution in [0.3, 0.4) is 0 Å². The summed E-state index contributed by atoms with van der Waals surface area (Å²) in [6.45, 7) is 5.45. The van der Waals surface area contributed by atoms with Crippen LogP contribution in [0, 0.1) is 0 Å². The second-order valence-electron chi connectivity index (χ2n) is 5.04. The van der Waals surface area contributed by atoms with Gasteiger partial charge in [-0.05, 0) is 38.1 Å². The molecule has 7 heteroatoms. The topological polar surface area (TPSA) is 90.6 Å². The number of aromatic nitrogens is 2. The van der Waals surface area contributed by atoms with Crippen LogP contribution < -0.4 is 20.1 Å². The summed E-state index contributed by atoms with van der Waals surface area (Å²) in [7, 11) is 3.14. The molecule has 0 fully saturated rings. The van der Waals surface area contributed by atoms with Gasteiger partial charge in [-0.3, -0.25) is 4.79 Å². The van der Waals surface area contributed by atoms with E-state index in [4.69, 9.17) is 15.2 Å². The number of carbonyl (C=O) groups excluding carboxylic acids is 1. The molecule has 0 aliphatic carbocycles. The molecule has 128 valence electrons. The van der Waals surface area contributed by atoms with Crippen molar-refractivity contribution >= 4 is 11.9 Å². The number of amides is 1. The SMILES string of the molecule is CCN(CC)c1nc(C(N)=O)cc(-c2ccc(OC)c(OC)c2)n1. The Morgan fingerprint density at radius 3 is 2.29 bits per heavy atom. The van der Waals surface area contributed by atoms with Crippen LogP contribution in [0.25, 0.3) is 11.3 Å². The summed E-state index contributed by atoms with van der Waals surface area (Å²) in [6.07, 6.45) is 0. The molecule has 1 aromatic carbocycles. The first kappa shape index (κ1) is 17.5. The highest BCUT2D eigenvalue weighted by Crippen LogP contribution is 2.32. The molecule has 0 bridgehead atoms. The zero-order valence-corrected chi connectivity index (χ0v) is 14.4. The van der Waals surface area contributed by atoms with Gasteiger partial charge in [-0.2, -0.15) is 0 Å². The molecule has 0 atom stereocenters. The molecule has 24 heavy (non-hydrogen) atoms. The number of nitrogens with zero attached hydrogens (tertiary/aromatic N) is 3. The van der Waals surface area contributed by atoms with E-state index in [1.54, 1.807) is 32.4 Å². The summed E-state index contributed by atoms with van der Waals surface area (Å²) in [4.78, 5) is 22.4. The summed E-state index contributed by atoms with van der Waals surface area (Å²) in [6, 6.07) is 7.02. The Morgan fingerprint density at radius 1 is 1.08 bits per heavy atom. The Kier molecular flexibility index (Phi) is 5.57. The highest BCUT2D eigenvalue weighted by Gasteiger charge is 2.15. The number of primary amides is 1. The molecule has 0 saturated carbocycles. The van der Waals surface area contributed by atoms with Crippen molar-refractivity contribution < 1.29 is 14.3 Å². The van der Waals surface area contributed by atoms with Crippen LogP contribution in [0.15, 0.2) is 24.3 Å². The lowest BCUT2D eigenvalue weighted by Crippen LogP contribution is -2.26. The molecule has 1 aromatic heterocycles. The standard InChI is InChI=1S/C17H22N4O3/c1-5-21(6-2)17-19-12(10-13(20-17)16(18)22)11-7-8-14(23-3)15(9-11)24-4/h7-10H,5-6H2,1-4H3,(H2,18,22). The van der Waals surface area contributed by atoms with E-state index in [-0.39, 0.29) is 5.69 Å². The highest BCUT2D eigenvalue weighted by atomic mass is 16.5. The van der Waals surface area contributed by atoms with Crippen LogP contribution >= 0.6 is 0 Å². The fourth-order valence-corrected chi connectivity index (χ4v) is 2.35. The van der Waals surface area contributed by atoms with Crippen LogP contribution in [-0.4, -0.2) is 43.2 Å². The molecule has 1 heterocycles. The van der Waals surface area contributed by atoms with Crippen LogP contribution in [0.5, 0.6) is 11.5 Å². The molecule has 2 aromatic rings. The van der Waals surface area contributed by atoms with Crippen LogP contribution in [-0.2, 0) is 0 Å². The normalized spacial score (nSPS) is 10.3. The number of hydrogen-bond acceptors (Lipinski definition) is 6. The Morgan fingerprint density at radius 2 is 1.75 bits per heavy atom. The van der Waals surface area contributed by atoms with E-state index in [0.29, 0.717) is 23.1 Å². The Bertz CT molecular complexity index is 730. The van der Waals surface area contributed by atoms with Gasteiger partial charge in [-0.15, -0.1) is 0 Å². The van der Waals surface area contributed by atoms with Gasteiger partial charge in [0.2, 0.25) is 5.95 Å². The molecule has 0 aliphatic rings. The lowest BCUT2D eigenvalue weighted by Gasteiger charge is -2.19. The van der Waals surface area contributed by atoms with E-state index in [9.17, 15) is 4.79 Å². The van der Waals surface area contributed by atoms with Gasteiger partial charge in [0, 0.05) is 18.7 Å². The first-order chi connectivity index (χ1) is 11.5. The fraction of sp³-hybridized carbons (Fsp3) is 0.353. The average molecular weight is 330 g/mol. The lowest BCUT2D eigenvalue weighted by molar-refractivity contribution is 0.0995. The molecule has 7 nitrogen and oxygen atoms in total. The van der Waals surface area contributed by atoms with E-state index in [2.05, 4.69) is 9.97 Å². The van der Waals surface area contributed by atoms with E-state index in [1.165, 1.54) is 0 Å². The molecule has 0 unspecified atom stereocenters. The number of carbonyl (C=O) groups is 1. The number of rotatable bonds is 7. The van der Waals surface area contributed by atoms with Crippen LogP contribution in [0.1, 0.15) is 24.3 Å². The minimum Gasteiger partial charge on any atom is -0.493 e. The third kappa shape index (κ3) is 3.56. The summed E-state index contributed by atoms with van der Waals surface area (Å²) in [5.41, 5.74) is 6.98. The van der Waals surface area contributed by atoms with Crippen molar-refractivity contribution in [3.63, 3.8) is 0 Å². The maximum atomic E-state index is 11.6. The zero-order chi connectivity index (χ0) is 17.7. The maximum absolute atomic E-state index is 11.6. The molecule has 1 amide bonds. The van der Waals surface area contributed by atoms with E-state index >= 15 is 0 Å². The lowest BCUT2D eigenvalue weighted by atomic mass is 10.1. The number of nitrogens with two attached hydrogens (primary N) is 1. The fourth-order valence-electron chi connectivity index (χ4n) is 2.35. The number of anilines is 1. The smallest absolute Gasteiger partial charge is 0.267 e. The number of hydrogen-bond donors (Lipinski definition) is 1. The van der Waals surface area contributed by atoms with Gasteiger partial charge < -0.3 is 20.1 Å². The van der Waals surface area contributed by atoms with Crippen molar-refractivity contribution in [1.82, 2.24) is 9.97 Å². The highest BCUT2D eigenvalue weighted by molar-refractivity contribution is 5.92. The monoisotopic (exact) mass is 330 g/mol. The number of benzene rings is 1. The molecule has 2 rings (SSSR count). The van der Waals surface area contributed by atoms with Gasteiger partial charge in [0.1, 0.15) is 5.69 Å². The van der Waals surface area contributed by atoms with Crippen LogP contribution in [0.4, 0.5) is 5.95 Å². The quantitative estimate of drug-likeness (QED) is 0.836. The first-order valence-electron chi connectivity index (χ1n) is 7.70. The predicted octanol–water partition coefficient (Wildman–Crippen LogP) is 2.11. The largest absolute Gasteiger partial charge is 0.493 e. The second kappa shape index (κ2) is 7.63.